The van der Waals surface area contributed by atoms with Crippen molar-refractivity contribution in [1.29, 1.82) is 0 Å². The summed E-state index contributed by atoms with van der Waals surface area (Å²) in [7, 11) is 1.62. The first kappa shape index (κ1) is 13.9. The van der Waals surface area contributed by atoms with E-state index < -0.39 is 5.97 Å². The standard InChI is InChI=1S/C16H17NO3/c1-10-4-6-14(13(8-10)16(18)19)17-12-5-7-15(20-3)11(2)9-12/h4-9,17H,1-3H3,(H,18,19). The minimum atomic E-state index is -0.943. The van der Waals surface area contributed by atoms with Gasteiger partial charge in [-0.05, 0) is 49.7 Å². The number of methoxy groups -OCH3 is 1. The molecule has 2 aromatic rings. The first-order valence-corrected chi connectivity index (χ1v) is 6.27. The molecular weight excluding hydrogens is 254 g/mol. The molecule has 0 unspecified atom stereocenters. The highest BCUT2D eigenvalue weighted by Crippen LogP contribution is 2.26. The number of carboxylic acid groups (broad SMARTS) is 1. The number of carbonyl (C=O) groups is 1. The van der Waals surface area contributed by atoms with Gasteiger partial charge in [-0.3, -0.25) is 0 Å². The number of hydrogen-bond acceptors (Lipinski definition) is 3. The number of nitrogens with one attached hydrogen (secondary N) is 1. The average Bonchev–Trinajstić information content (AvgIpc) is 2.41. The molecule has 0 aromatic heterocycles. The predicted molar refractivity (Wildman–Crippen MR) is 79.2 cm³/mol. The summed E-state index contributed by atoms with van der Waals surface area (Å²) in [6.07, 6.45) is 0. The highest BCUT2D eigenvalue weighted by Gasteiger charge is 2.10. The fraction of sp³-hybridized carbons (Fsp3) is 0.188. The maximum atomic E-state index is 11.3. The van der Waals surface area contributed by atoms with Crippen LogP contribution in [0.2, 0.25) is 0 Å². The van der Waals surface area contributed by atoms with Gasteiger partial charge < -0.3 is 15.2 Å². The molecule has 0 bridgehead atoms. The van der Waals surface area contributed by atoms with E-state index >= 15 is 0 Å². The van der Waals surface area contributed by atoms with Crippen LogP contribution < -0.4 is 10.1 Å². The van der Waals surface area contributed by atoms with Gasteiger partial charge in [-0.25, -0.2) is 4.79 Å². The third-order valence-corrected chi connectivity index (χ3v) is 3.08. The summed E-state index contributed by atoms with van der Waals surface area (Å²) in [4.78, 5) is 11.3. The number of benzene rings is 2. The van der Waals surface area contributed by atoms with Gasteiger partial charge in [0.15, 0.2) is 0 Å². The second kappa shape index (κ2) is 5.65. The van der Waals surface area contributed by atoms with Gasteiger partial charge in [0.05, 0.1) is 18.4 Å². The van der Waals surface area contributed by atoms with Crippen LogP contribution in [0.5, 0.6) is 5.75 Å². The van der Waals surface area contributed by atoms with Gasteiger partial charge in [0.2, 0.25) is 0 Å². The number of aromatic carboxylic acids is 1. The van der Waals surface area contributed by atoms with Gasteiger partial charge >= 0.3 is 5.97 Å². The maximum absolute atomic E-state index is 11.3. The topological polar surface area (TPSA) is 58.6 Å². The fourth-order valence-corrected chi connectivity index (χ4v) is 2.06. The quantitative estimate of drug-likeness (QED) is 0.889. The summed E-state index contributed by atoms with van der Waals surface area (Å²) in [5, 5.41) is 12.4. The molecule has 0 fully saturated rings. The van der Waals surface area contributed by atoms with Crippen molar-refractivity contribution in [3.05, 3.63) is 53.1 Å². The smallest absolute Gasteiger partial charge is 0.337 e. The van der Waals surface area contributed by atoms with Gasteiger partial charge in [0.25, 0.3) is 0 Å². The van der Waals surface area contributed by atoms with Crippen LogP contribution in [0.15, 0.2) is 36.4 Å². The van der Waals surface area contributed by atoms with Crippen molar-refractivity contribution in [1.82, 2.24) is 0 Å². The Labute approximate surface area is 118 Å². The van der Waals surface area contributed by atoms with Crippen molar-refractivity contribution >= 4 is 17.3 Å². The van der Waals surface area contributed by atoms with E-state index in [1.54, 1.807) is 19.2 Å². The lowest BCUT2D eigenvalue weighted by molar-refractivity contribution is 0.0698. The van der Waals surface area contributed by atoms with Crippen molar-refractivity contribution < 1.29 is 14.6 Å². The first-order chi connectivity index (χ1) is 9.51. The molecule has 0 aliphatic rings. The van der Waals surface area contributed by atoms with Gasteiger partial charge in [0.1, 0.15) is 5.75 Å². The molecule has 20 heavy (non-hydrogen) atoms. The first-order valence-electron chi connectivity index (χ1n) is 6.27. The zero-order valence-electron chi connectivity index (χ0n) is 11.7. The van der Waals surface area contributed by atoms with Crippen LogP contribution in [0, 0.1) is 13.8 Å². The van der Waals surface area contributed by atoms with E-state index in [2.05, 4.69) is 5.32 Å². The Morgan fingerprint density at radius 3 is 2.50 bits per heavy atom. The summed E-state index contributed by atoms with van der Waals surface area (Å²) in [6.45, 7) is 3.81. The molecule has 104 valence electrons. The monoisotopic (exact) mass is 271 g/mol. The van der Waals surface area contributed by atoms with Gasteiger partial charge in [-0.15, -0.1) is 0 Å². The average molecular weight is 271 g/mol. The summed E-state index contributed by atoms with van der Waals surface area (Å²) < 4.78 is 5.21. The zero-order valence-corrected chi connectivity index (χ0v) is 11.7. The Balaban J connectivity index is 2.35. The molecule has 0 saturated heterocycles. The summed E-state index contributed by atoms with van der Waals surface area (Å²) in [5.74, 6) is -0.139. The van der Waals surface area contributed by atoms with Crippen LogP contribution in [0.4, 0.5) is 11.4 Å². The Bertz CT molecular complexity index is 650. The molecule has 2 N–H and O–H groups in total. The lowest BCUT2D eigenvalue weighted by atomic mass is 10.1. The highest BCUT2D eigenvalue weighted by atomic mass is 16.5. The SMILES string of the molecule is COc1ccc(Nc2ccc(C)cc2C(=O)O)cc1C. The van der Waals surface area contributed by atoms with Gasteiger partial charge in [0, 0.05) is 5.69 Å². The molecule has 0 spiro atoms. The Hall–Kier alpha value is -2.49. The number of hydrogen-bond donors (Lipinski definition) is 2. The lowest BCUT2D eigenvalue weighted by Crippen LogP contribution is -2.03. The highest BCUT2D eigenvalue weighted by molar-refractivity contribution is 5.95. The molecule has 0 heterocycles. The molecule has 0 aliphatic heterocycles. The third-order valence-electron chi connectivity index (χ3n) is 3.08. The largest absolute Gasteiger partial charge is 0.496 e. The number of carboxylic acids is 1. The minimum Gasteiger partial charge on any atom is -0.496 e. The molecular formula is C16H17NO3. The molecule has 2 rings (SSSR count). The van der Waals surface area contributed by atoms with E-state index in [9.17, 15) is 9.90 Å². The summed E-state index contributed by atoms with van der Waals surface area (Å²) in [5.41, 5.74) is 3.57. The summed E-state index contributed by atoms with van der Waals surface area (Å²) >= 11 is 0. The van der Waals surface area contributed by atoms with E-state index in [4.69, 9.17) is 4.74 Å². The molecule has 0 atom stereocenters. The van der Waals surface area contributed by atoms with E-state index in [0.29, 0.717) is 5.69 Å². The van der Waals surface area contributed by atoms with Crippen molar-refractivity contribution in [2.24, 2.45) is 0 Å². The zero-order chi connectivity index (χ0) is 14.7. The molecule has 0 radical (unpaired) electrons. The predicted octanol–water partition coefficient (Wildman–Crippen LogP) is 3.75. The van der Waals surface area contributed by atoms with E-state index in [0.717, 1.165) is 22.6 Å². The third kappa shape index (κ3) is 2.91. The number of anilines is 2. The lowest BCUT2D eigenvalue weighted by Gasteiger charge is -2.12. The number of aryl methyl sites for hydroxylation is 2. The molecule has 0 saturated carbocycles. The normalized spacial score (nSPS) is 10.2. The van der Waals surface area contributed by atoms with Gasteiger partial charge in [-0.1, -0.05) is 11.6 Å². The van der Waals surface area contributed by atoms with E-state index in [1.165, 1.54) is 0 Å². The fourth-order valence-electron chi connectivity index (χ4n) is 2.06. The van der Waals surface area contributed by atoms with E-state index in [-0.39, 0.29) is 5.56 Å². The molecule has 0 amide bonds. The van der Waals surface area contributed by atoms with Crippen LogP contribution in [-0.2, 0) is 0 Å². The molecule has 2 aromatic carbocycles. The van der Waals surface area contributed by atoms with E-state index in [1.807, 2.05) is 38.1 Å². The number of ether oxygens (including phenoxy) is 1. The Morgan fingerprint density at radius 2 is 1.90 bits per heavy atom. The molecule has 4 nitrogen and oxygen atoms in total. The van der Waals surface area contributed by atoms with Gasteiger partial charge in [-0.2, -0.15) is 0 Å². The van der Waals surface area contributed by atoms with Crippen molar-refractivity contribution in [3.63, 3.8) is 0 Å². The maximum Gasteiger partial charge on any atom is 0.337 e. The van der Waals surface area contributed by atoms with Crippen LogP contribution >= 0.6 is 0 Å². The number of rotatable bonds is 4. The second-order valence-corrected chi connectivity index (χ2v) is 4.66. The Morgan fingerprint density at radius 1 is 1.15 bits per heavy atom. The van der Waals surface area contributed by atoms with Crippen LogP contribution in [0.1, 0.15) is 21.5 Å². The Kier molecular flexibility index (Phi) is 3.94. The van der Waals surface area contributed by atoms with Crippen LogP contribution in [0.3, 0.4) is 0 Å². The van der Waals surface area contributed by atoms with Crippen molar-refractivity contribution in [3.8, 4) is 5.75 Å². The minimum absolute atomic E-state index is 0.262. The van der Waals surface area contributed by atoms with Crippen LogP contribution in [-0.4, -0.2) is 18.2 Å². The van der Waals surface area contributed by atoms with Crippen LogP contribution in [0.25, 0.3) is 0 Å². The van der Waals surface area contributed by atoms with Crippen molar-refractivity contribution in [2.75, 3.05) is 12.4 Å². The molecule has 0 aliphatic carbocycles. The second-order valence-electron chi connectivity index (χ2n) is 4.66. The molecule has 4 heteroatoms. The summed E-state index contributed by atoms with van der Waals surface area (Å²) in [6, 6.07) is 10.9. The van der Waals surface area contributed by atoms with Crippen molar-refractivity contribution in [2.45, 2.75) is 13.8 Å².